The number of furan rings is 1. The SMILES string of the molecule is CNC(c1cc2cc(OC)cc(Br)c2o1)C(C)(C)C. The van der Waals surface area contributed by atoms with Gasteiger partial charge in [-0.15, -0.1) is 0 Å². The molecule has 1 heterocycles. The second-order valence-corrected chi connectivity index (χ2v) is 6.62. The van der Waals surface area contributed by atoms with Crippen molar-refractivity contribution in [2.75, 3.05) is 14.2 Å². The van der Waals surface area contributed by atoms with Gasteiger partial charge in [-0.2, -0.15) is 0 Å². The maximum absolute atomic E-state index is 6.01. The molecule has 1 aromatic heterocycles. The molecule has 1 N–H and O–H groups in total. The van der Waals surface area contributed by atoms with Gasteiger partial charge in [0, 0.05) is 5.39 Å². The summed E-state index contributed by atoms with van der Waals surface area (Å²) < 4.78 is 12.2. The molecule has 0 aliphatic rings. The lowest BCUT2D eigenvalue weighted by atomic mass is 9.85. The van der Waals surface area contributed by atoms with E-state index in [0.717, 1.165) is 27.0 Å². The van der Waals surface area contributed by atoms with Gasteiger partial charge in [-0.1, -0.05) is 20.8 Å². The quantitative estimate of drug-likeness (QED) is 0.901. The summed E-state index contributed by atoms with van der Waals surface area (Å²) in [4.78, 5) is 0. The predicted molar refractivity (Wildman–Crippen MR) is 81.7 cm³/mol. The van der Waals surface area contributed by atoms with Crippen molar-refractivity contribution in [3.05, 3.63) is 28.4 Å². The molecule has 0 radical (unpaired) electrons. The molecule has 0 saturated carbocycles. The van der Waals surface area contributed by atoms with Gasteiger partial charge in [0.1, 0.15) is 17.1 Å². The van der Waals surface area contributed by atoms with Crippen LogP contribution in [0.4, 0.5) is 0 Å². The number of rotatable bonds is 3. The molecule has 0 amide bonds. The first kappa shape index (κ1) is 14.4. The summed E-state index contributed by atoms with van der Waals surface area (Å²) in [6.07, 6.45) is 0. The van der Waals surface area contributed by atoms with Gasteiger partial charge < -0.3 is 14.5 Å². The Hall–Kier alpha value is -1.00. The summed E-state index contributed by atoms with van der Waals surface area (Å²) in [6.45, 7) is 6.57. The van der Waals surface area contributed by atoms with E-state index in [2.05, 4.69) is 48.1 Å². The van der Waals surface area contributed by atoms with E-state index in [1.54, 1.807) is 7.11 Å². The molecule has 0 aliphatic carbocycles. The molecule has 19 heavy (non-hydrogen) atoms. The van der Waals surface area contributed by atoms with E-state index in [4.69, 9.17) is 9.15 Å². The summed E-state index contributed by atoms with van der Waals surface area (Å²) in [6, 6.07) is 6.15. The van der Waals surface area contributed by atoms with Crippen molar-refractivity contribution in [3.8, 4) is 5.75 Å². The summed E-state index contributed by atoms with van der Waals surface area (Å²) in [5.41, 5.74) is 0.944. The first-order valence-electron chi connectivity index (χ1n) is 6.31. The molecule has 0 aliphatic heterocycles. The van der Waals surface area contributed by atoms with Crippen molar-refractivity contribution in [1.82, 2.24) is 5.32 Å². The molecule has 4 heteroatoms. The fourth-order valence-corrected chi connectivity index (χ4v) is 2.90. The molecule has 1 unspecified atom stereocenters. The fourth-order valence-electron chi connectivity index (χ4n) is 2.37. The maximum Gasteiger partial charge on any atom is 0.148 e. The molecule has 3 nitrogen and oxygen atoms in total. The van der Waals surface area contributed by atoms with E-state index in [0.29, 0.717) is 0 Å². The molecule has 0 spiro atoms. The van der Waals surface area contributed by atoms with Crippen LogP contribution in [0.5, 0.6) is 5.75 Å². The number of methoxy groups -OCH3 is 1. The van der Waals surface area contributed by atoms with Crippen molar-refractivity contribution >= 4 is 26.9 Å². The number of nitrogens with one attached hydrogen (secondary N) is 1. The van der Waals surface area contributed by atoms with Crippen LogP contribution in [-0.2, 0) is 0 Å². The van der Waals surface area contributed by atoms with Crippen LogP contribution in [0.2, 0.25) is 0 Å². The second kappa shape index (κ2) is 5.17. The van der Waals surface area contributed by atoms with Crippen LogP contribution in [0.15, 0.2) is 27.1 Å². The molecule has 1 atom stereocenters. The minimum Gasteiger partial charge on any atom is -0.497 e. The van der Waals surface area contributed by atoms with Crippen LogP contribution in [0.25, 0.3) is 11.0 Å². The van der Waals surface area contributed by atoms with E-state index in [9.17, 15) is 0 Å². The van der Waals surface area contributed by atoms with Gasteiger partial charge in [0.2, 0.25) is 0 Å². The maximum atomic E-state index is 6.01. The van der Waals surface area contributed by atoms with Crippen molar-refractivity contribution in [3.63, 3.8) is 0 Å². The van der Waals surface area contributed by atoms with Gasteiger partial charge in [0.05, 0.1) is 17.6 Å². The number of halogens is 1. The number of hydrogen-bond donors (Lipinski definition) is 1. The molecular weight excluding hydrogens is 306 g/mol. The Labute approximate surface area is 122 Å². The third-order valence-corrected chi connectivity index (χ3v) is 3.83. The Morgan fingerprint density at radius 3 is 2.47 bits per heavy atom. The van der Waals surface area contributed by atoms with E-state index in [1.807, 2.05) is 19.2 Å². The summed E-state index contributed by atoms with van der Waals surface area (Å²) in [5, 5.41) is 4.37. The molecule has 0 bridgehead atoms. The fraction of sp³-hybridized carbons (Fsp3) is 0.467. The van der Waals surface area contributed by atoms with Crippen LogP contribution in [-0.4, -0.2) is 14.2 Å². The highest BCUT2D eigenvalue weighted by Gasteiger charge is 2.28. The Morgan fingerprint density at radius 1 is 1.26 bits per heavy atom. The average Bonchev–Trinajstić information content (AvgIpc) is 2.71. The molecule has 2 aromatic rings. The number of benzene rings is 1. The Balaban J connectivity index is 2.55. The summed E-state index contributed by atoms with van der Waals surface area (Å²) in [7, 11) is 3.62. The highest BCUT2D eigenvalue weighted by Crippen LogP contribution is 2.38. The monoisotopic (exact) mass is 325 g/mol. The van der Waals surface area contributed by atoms with E-state index in [-0.39, 0.29) is 11.5 Å². The third kappa shape index (κ3) is 2.79. The Morgan fingerprint density at radius 2 is 1.95 bits per heavy atom. The lowest BCUT2D eigenvalue weighted by molar-refractivity contribution is 0.253. The van der Waals surface area contributed by atoms with Crippen LogP contribution < -0.4 is 10.1 Å². The normalized spacial score (nSPS) is 13.8. The van der Waals surface area contributed by atoms with Gasteiger partial charge in [0.15, 0.2) is 0 Å². The van der Waals surface area contributed by atoms with Crippen LogP contribution >= 0.6 is 15.9 Å². The topological polar surface area (TPSA) is 34.4 Å². The van der Waals surface area contributed by atoms with E-state index < -0.39 is 0 Å². The number of ether oxygens (including phenoxy) is 1. The van der Waals surface area contributed by atoms with Crippen molar-refractivity contribution < 1.29 is 9.15 Å². The van der Waals surface area contributed by atoms with Crippen LogP contribution in [0, 0.1) is 5.41 Å². The van der Waals surface area contributed by atoms with Gasteiger partial charge in [-0.3, -0.25) is 0 Å². The Kier molecular flexibility index (Phi) is 3.92. The zero-order valence-electron chi connectivity index (χ0n) is 12.0. The standard InChI is InChI=1S/C15H20BrNO2/c1-15(2,3)14(17-4)12-7-9-6-10(18-5)8-11(16)13(9)19-12/h6-8,14,17H,1-5H3. The molecule has 2 rings (SSSR count). The van der Waals surface area contributed by atoms with Crippen LogP contribution in [0.3, 0.4) is 0 Å². The van der Waals surface area contributed by atoms with Gasteiger partial charge in [0.25, 0.3) is 0 Å². The highest BCUT2D eigenvalue weighted by atomic mass is 79.9. The van der Waals surface area contributed by atoms with Crippen LogP contribution in [0.1, 0.15) is 32.6 Å². The van der Waals surface area contributed by atoms with Gasteiger partial charge >= 0.3 is 0 Å². The van der Waals surface area contributed by atoms with Crippen molar-refractivity contribution in [2.45, 2.75) is 26.8 Å². The molecule has 0 saturated heterocycles. The third-order valence-electron chi connectivity index (χ3n) is 3.24. The van der Waals surface area contributed by atoms with Gasteiger partial charge in [-0.25, -0.2) is 0 Å². The Bertz CT molecular complexity index is 584. The smallest absolute Gasteiger partial charge is 0.148 e. The molecule has 0 fully saturated rings. The molecule has 1 aromatic carbocycles. The van der Waals surface area contributed by atoms with E-state index in [1.165, 1.54) is 0 Å². The van der Waals surface area contributed by atoms with Crippen molar-refractivity contribution in [2.24, 2.45) is 5.41 Å². The number of fused-ring (bicyclic) bond motifs is 1. The van der Waals surface area contributed by atoms with E-state index >= 15 is 0 Å². The second-order valence-electron chi connectivity index (χ2n) is 5.76. The lowest BCUT2D eigenvalue weighted by Crippen LogP contribution is -2.29. The largest absolute Gasteiger partial charge is 0.497 e. The zero-order valence-corrected chi connectivity index (χ0v) is 13.6. The zero-order chi connectivity index (χ0) is 14.2. The summed E-state index contributed by atoms with van der Waals surface area (Å²) >= 11 is 3.53. The minimum absolute atomic E-state index is 0.0825. The highest BCUT2D eigenvalue weighted by molar-refractivity contribution is 9.10. The predicted octanol–water partition coefficient (Wildman–Crippen LogP) is 4.51. The first-order valence-corrected chi connectivity index (χ1v) is 7.10. The molecule has 104 valence electrons. The average molecular weight is 326 g/mol. The number of hydrogen-bond acceptors (Lipinski definition) is 3. The minimum atomic E-state index is 0.0825. The van der Waals surface area contributed by atoms with Crippen molar-refractivity contribution in [1.29, 1.82) is 0 Å². The first-order chi connectivity index (χ1) is 8.86. The lowest BCUT2D eigenvalue weighted by Gasteiger charge is -2.28. The van der Waals surface area contributed by atoms with Gasteiger partial charge in [-0.05, 0) is 46.6 Å². The summed E-state index contributed by atoms with van der Waals surface area (Å²) in [5.74, 6) is 1.77. The molecular formula is C15H20BrNO2.